The minimum atomic E-state index is 0.0411. The van der Waals surface area contributed by atoms with Gasteiger partial charge in [0.15, 0.2) is 0 Å². The molecule has 0 saturated carbocycles. The monoisotopic (exact) mass is 760 g/mol. The minimum absolute atomic E-state index is 0.0411. The van der Waals surface area contributed by atoms with Crippen molar-refractivity contribution in [2.45, 2.75) is 0 Å². The maximum atomic E-state index is 6.98. The average molecular weight is 760 g/mol. The fraction of sp³-hybridized carbons (Fsp3) is 0. The van der Waals surface area contributed by atoms with Crippen molar-refractivity contribution in [1.82, 2.24) is 9.13 Å². The minimum Gasteiger partial charge on any atom is -0.458 e. The van der Waals surface area contributed by atoms with Crippen molar-refractivity contribution in [2.24, 2.45) is 0 Å². The van der Waals surface area contributed by atoms with Gasteiger partial charge in [-0.3, -0.25) is 0 Å². The number of fused-ring (bicyclic) bond motifs is 14. The van der Waals surface area contributed by atoms with Crippen LogP contribution in [0.1, 0.15) is 0 Å². The number of aromatic nitrogens is 2. The van der Waals surface area contributed by atoms with Gasteiger partial charge in [0, 0.05) is 55.1 Å². The number of hydrogen-bond donors (Lipinski definition) is 0. The zero-order valence-electron chi connectivity index (χ0n) is 32.2. The maximum Gasteiger partial charge on any atom is 0.256 e. The smallest absolute Gasteiger partial charge is 0.256 e. The lowest BCUT2D eigenvalue weighted by molar-refractivity contribution is 0.489. The van der Waals surface area contributed by atoms with E-state index in [0.717, 1.165) is 45.3 Å². The SMILES string of the molecule is c1ccc(-c2cccc3c2Oc2cccc4c2B3c2cccc3c5cc6c7cccc8c7n(c6cc5n-4c23)-c2cccc3c2B8c2cccc(-c4ccccc4)c2O3)cc1. The molecule has 0 unspecified atom stereocenters. The van der Waals surface area contributed by atoms with Crippen LogP contribution in [0.15, 0.2) is 182 Å². The zero-order chi connectivity index (χ0) is 38.8. The van der Waals surface area contributed by atoms with Crippen LogP contribution in [0, 0.1) is 0 Å². The first-order chi connectivity index (χ1) is 29.8. The van der Waals surface area contributed by atoms with E-state index in [2.05, 4.69) is 191 Å². The van der Waals surface area contributed by atoms with Crippen molar-refractivity contribution in [3.8, 4) is 56.6 Å². The van der Waals surface area contributed by atoms with E-state index in [1.54, 1.807) is 0 Å². The lowest BCUT2D eigenvalue weighted by Crippen LogP contribution is -2.58. The summed E-state index contributed by atoms with van der Waals surface area (Å²) >= 11 is 0. The Morgan fingerprint density at radius 3 is 1.27 bits per heavy atom. The van der Waals surface area contributed by atoms with E-state index in [1.165, 1.54) is 87.8 Å². The second kappa shape index (κ2) is 11.1. The molecule has 60 heavy (non-hydrogen) atoms. The Balaban J connectivity index is 1.01. The van der Waals surface area contributed by atoms with Crippen LogP contribution in [0.4, 0.5) is 0 Å². The highest BCUT2D eigenvalue weighted by Gasteiger charge is 2.43. The predicted molar refractivity (Wildman–Crippen MR) is 248 cm³/mol. The van der Waals surface area contributed by atoms with E-state index in [9.17, 15) is 0 Å². The normalized spacial score (nSPS) is 13.5. The van der Waals surface area contributed by atoms with Crippen molar-refractivity contribution < 1.29 is 9.47 Å². The summed E-state index contributed by atoms with van der Waals surface area (Å²) in [6.45, 7) is 0.0822. The van der Waals surface area contributed by atoms with Crippen molar-refractivity contribution >= 4 is 89.8 Å². The van der Waals surface area contributed by atoms with Gasteiger partial charge in [0.05, 0.1) is 11.0 Å². The van der Waals surface area contributed by atoms with E-state index in [-0.39, 0.29) is 13.4 Å². The summed E-state index contributed by atoms with van der Waals surface area (Å²) < 4.78 is 19.0. The third-order valence-electron chi connectivity index (χ3n) is 13.8. The van der Waals surface area contributed by atoms with Gasteiger partial charge in [-0.2, -0.15) is 0 Å². The molecule has 6 heteroatoms. The number of benzene rings is 9. The highest BCUT2D eigenvalue weighted by molar-refractivity contribution is 7.00. The van der Waals surface area contributed by atoms with Crippen LogP contribution in [0.5, 0.6) is 23.0 Å². The molecule has 4 nitrogen and oxygen atoms in total. The summed E-state index contributed by atoms with van der Waals surface area (Å²) in [4.78, 5) is 0. The van der Waals surface area contributed by atoms with Crippen molar-refractivity contribution in [3.63, 3.8) is 0 Å². The Hall–Kier alpha value is -7.69. The first-order valence-corrected chi connectivity index (χ1v) is 20.8. The van der Waals surface area contributed by atoms with Gasteiger partial charge >= 0.3 is 0 Å². The molecular formula is C54H30B2N2O2. The lowest BCUT2D eigenvalue weighted by Gasteiger charge is -2.34. The van der Waals surface area contributed by atoms with Crippen LogP contribution in [-0.2, 0) is 0 Å². The second-order valence-electron chi connectivity index (χ2n) is 16.7. The molecule has 0 amide bonds. The van der Waals surface area contributed by atoms with Gasteiger partial charge in [-0.1, -0.05) is 146 Å². The van der Waals surface area contributed by atoms with E-state index < -0.39 is 0 Å². The standard InChI is InChI=1S/C54H30B2N2O2/c1-3-13-31(14-4-1)33-17-7-23-41-53(33)59-47-27-11-25-43-49(47)55(41)39-21-9-19-35-37-29-38-36-20-10-22-40-52(36)58(46(38)30-45(37)57(43)51(35)39)44-26-12-28-48-50(44)56(40)42-24-8-18-34(54(42)60-48)32-15-5-2-6-16-32/h1-30H. The quantitative estimate of drug-likeness (QED) is 0.165. The molecule has 6 heterocycles. The van der Waals surface area contributed by atoms with Gasteiger partial charge in [0.1, 0.15) is 23.0 Å². The molecule has 0 N–H and O–H groups in total. The van der Waals surface area contributed by atoms with E-state index in [1.807, 2.05) is 0 Å². The number of ether oxygens (including phenoxy) is 2. The molecule has 2 aromatic heterocycles. The molecule has 11 aromatic rings. The first-order valence-electron chi connectivity index (χ1n) is 20.8. The van der Waals surface area contributed by atoms with Crippen LogP contribution in [0.2, 0.25) is 0 Å². The molecule has 15 rings (SSSR count). The van der Waals surface area contributed by atoms with E-state index in [4.69, 9.17) is 9.47 Å². The van der Waals surface area contributed by atoms with Gasteiger partial charge in [0.25, 0.3) is 13.4 Å². The second-order valence-corrected chi connectivity index (χ2v) is 16.7. The van der Waals surface area contributed by atoms with Crippen molar-refractivity contribution in [2.75, 3.05) is 0 Å². The maximum absolute atomic E-state index is 6.98. The summed E-state index contributed by atoms with van der Waals surface area (Å²) in [6, 6.07) is 66.4. The summed E-state index contributed by atoms with van der Waals surface area (Å²) in [5.41, 5.74) is 19.3. The molecule has 0 saturated heterocycles. The lowest BCUT2D eigenvalue weighted by atomic mass is 9.34. The topological polar surface area (TPSA) is 28.3 Å². The van der Waals surface area contributed by atoms with Crippen LogP contribution >= 0.6 is 0 Å². The van der Waals surface area contributed by atoms with Gasteiger partial charge in [-0.05, 0) is 80.3 Å². The molecule has 9 aromatic carbocycles. The van der Waals surface area contributed by atoms with Gasteiger partial charge in [0.2, 0.25) is 0 Å². The third kappa shape index (κ3) is 3.76. The van der Waals surface area contributed by atoms with E-state index >= 15 is 0 Å². The molecule has 0 atom stereocenters. The van der Waals surface area contributed by atoms with Crippen LogP contribution in [0.3, 0.4) is 0 Å². The molecule has 274 valence electrons. The molecule has 0 fully saturated rings. The Morgan fingerprint density at radius 1 is 0.350 bits per heavy atom. The molecule has 0 radical (unpaired) electrons. The molecule has 4 aliphatic heterocycles. The Kier molecular flexibility index (Phi) is 5.78. The molecular weight excluding hydrogens is 730 g/mol. The first kappa shape index (κ1) is 31.3. The number of hydrogen-bond acceptors (Lipinski definition) is 2. The Morgan fingerprint density at radius 2 is 0.783 bits per heavy atom. The third-order valence-corrected chi connectivity index (χ3v) is 13.8. The van der Waals surface area contributed by atoms with E-state index in [0.29, 0.717) is 0 Å². The van der Waals surface area contributed by atoms with Crippen LogP contribution in [0.25, 0.3) is 77.2 Å². The molecule has 0 spiro atoms. The zero-order valence-corrected chi connectivity index (χ0v) is 32.2. The predicted octanol–water partition coefficient (Wildman–Crippen LogP) is 9.09. The highest BCUT2D eigenvalue weighted by atomic mass is 16.5. The number of para-hydroxylation sites is 4. The fourth-order valence-electron chi connectivity index (χ4n) is 11.5. The van der Waals surface area contributed by atoms with Gasteiger partial charge < -0.3 is 18.6 Å². The summed E-state index contributed by atoms with van der Waals surface area (Å²) in [5.74, 6) is 3.74. The summed E-state index contributed by atoms with van der Waals surface area (Å²) in [7, 11) is 0. The van der Waals surface area contributed by atoms with Gasteiger partial charge in [-0.15, -0.1) is 0 Å². The highest BCUT2D eigenvalue weighted by Crippen LogP contribution is 2.44. The Bertz CT molecular complexity index is 3490. The molecule has 0 bridgehead atoms. The number of rotatable bonds is 2. The molecule has 4 aliphatic rings. The summed E-state index contributed by atoms with van der Waals surface area (Å²) in [6.07, 6.45) is 0. The van der Waals surface area contributed by atoms with Crippen LogP contribution < -0.4 is 42.3 Å². The summed E-state index contributed by atoms with van der Waals surface area (Å²) in [5, 5.41) is 5.06. The van der Waals surface area contributed by atoms with Gasteiger partial charge in [-0.25, -0.2) is 0 Å². The van der Waals surface area contributed by atoms with Crippen LogP contribution in [-0.4, -0.2) is 22.6 Å². The average Bonchev–Trinajstić information content (AvgIpc) is 3.81. The Labute approximate surface area is 345 Å². The van der Waals surface area contributed by atoms with Crippen molar-refractivity contribution in [3.05, 3.63) is 182 Å². The number of nitrogens with zero attached hydrogens (tertiary/aromatic N) is 2. The largest absolute Gasteiger partial charge is 0.458 e. The van der Waals surface area contributed by atoms with Crippen molar-refractivity contribution in [1.29, 1.82) is 0 Å². The molecule has 0 aliphatic carbocycles. The fourth-order valence-corrected chi connectivity index (χ4v) is 11.5.